The van der Waals surface area contributed by atoms with Crippen molar-refractivity contribution in [3.63, 3.8) is 0 Å². The van der Waals surface area contributed by atoms with Gasteiger partial charge in [0.1, 0.15) is 0 Å². The van der Waals surface area contributed by atoms with Gasteiger partial charge in [-0.15, -0.1) is 0 Å². The number of hydroxylamine groups is 2. The molecule has 0 bridgehead atoms. The lowest BCUT2D eigenvalue weighted by molar-refractivity contribution is -0.165. The predicted octanol–water partition coefficient (Wildman–Crippen LogP) is 3.87. The first kappa shape index (κ1) is 24.6. The quantitative estimate of drug-likeness (QED) is 0.469. The normalized spacial score (nSPS) is 17.2. The van der Waals surface area contributed by atoms with E-state index in [0.717, 1.165) is 5.56 Å². The molecule has 0 radical (unpaired) electrons. The molecule has 180 valence electrons. The van der Waals surface area contributed by atoms with Crippen molar-refractivity contribution in [2.75, 3.05) is 19.7 Å². The summed E-state index contributed by atoms with van der Waals surface area (Å²) in [6, 6.07) is 17.0. The van der Waals surface area contributed by atoms with E-state index >= 15 is 0 Å². The van der Waals surface area contributed by atoms with Crippen LogP contribution in [0.25, 0.3) is 0 Å². The summed E-state index contributed by atoms with van der Waals surface area (Å²) in [4.78, 5) is 13.2. The third-order valence-electron chi connectivity index (χ3n) is 5.96. The molecule has 7 nitrogen and oxygen atoms in total. The number of nitrogens with zero attached hydrogens (tertiary/aromatic N) is 1. The molecule has 1 aliphatic heterocycles. The molecule has 1 unspecified atom stereocenters. The van der Waals surface area contributed by atoms with E-state index in [-0.39, 0.29) is 17.4 Å². The zero-order valence-corrected chi connectivity index (χ0v) is 20.4. The van der Waals surface area contributed by atoms with E-state index in [1.807, 2.05) is 13.0 Å². The largest absolute Gasteiger partial charge is 0.463 e. The van der Waals surface area contributed by atoms with Gasteiger partial charge in [-0.2, -0.15) is 29.1 Å². The van der Waals surface area contributed by atoms with Crippen molar-refractivity contribution in [3.8, 4) is 0 Å². The highest BCUT2D eigenvalue weighted by molar-refractivity contribution is 7.86. The van der Waals surface area contributed by atoms with Gasteiger partial charge in [0.25, 0.3) is 0 Å². The summed E-state index contributed by atoms with van der Waals surface area (Å²) in [5.41, 5.74) is 0.00124. The molecule has 1 aliphatic rings. The summed E-state index contributed by atoms with van der Waals surface area (Å²) in [5.74, 6) is -0.689. The zero-order valence-electron chi connectivity index (χ0n) is 18.8. The molecule has 0 saturated carbocycles. The average molecular weight is 502 g/mol. The second-order valence-electron chi connectivity index (χ2n) is 8.40. The number of thiophene rings is 1. The van der Waals surface area contributed by atoms with E-state index in [0.29, 0.717) is 37.1 Å². The van der Waals surface area contributed by atoms with Gasteiger partial charge >= 0.3 is 16.1 Å². The first-order chi connectivity index (χ1) is 16.3. The lowest BCUT2D eigenvalue weighted by atomic mass is 9.88. The number of carbonyl (C=O) groups is 1. The molecule has 0 amide bonds. The Bertz CT molecular complexity index is 1190. The standard InChI is InChI=1S/C25H27NO6S2/c1-19-7-9-23(10-8-19)34(29,30)32-26-14-11-20(12-15-26)17-31-24(27)25(28,22-13-16-33-18-22)21-5-3-2-4-6-21/h2-10,13,16,18,20,28H,11-12,14-15,17H2,1H3. The average Bonchev–Trinajstić information content (AvgIpc) is 3.39. The van der Waals surface area contributed by atoms with Gasteiger partial charge in [-0.1, -0.05) is 48.0 Å². The third-order valence-corrected chi connectivity index (χ3v) is 7.90. The van der Waals surface area contributed by atoms with Gasteiger partial charge in [-0.05, 0) is 60.2 Å². The molecular weight excluding hydrogens is 474 g/mol. The van der Waals surface area contributed by atoms with Crippen molar-refractivity contribution in [1.82, 2.24) is 5.06 Å². The SMILES string of the molecule is Cc1ccc(S(=O)(=O)ON2CCC(COC(=O)C(O)(c3ccccc3)c3ccsc3)CC2)cc1. The van der Waals surface area contributed by atoms with Crippen LogP contribution in [0.4, 0.5) is 0 Å². The minimum absolute atomic E-state index is 0.0355. The minimum Gasteiger partial charge on any atom is -0.463 e. The molecule has 9 heteroatoms. The van der Waals surface area contributed by atoms with E-state index in [4.69, 9.17) is 9.02 Å². The highest BCUT2D eigenvalue weighted by Crippen LogP contribution is 2.33. The molecule has 0 aliphatic carbocycles. The van der Waals surface area contributed by atoms with Crippen molar-refractivity contribution in [2.24, 2.45) is 5.92 Å². The number of aryl methyl sites for hydroxylation is 1. The highest BCUT2D eigenvalue weighted by atomic mass is 32.2. The van der Waals surface area contributed by atoms with Crippen LogP contribution in [-0.2, 0) is 29.5 Å². The maximum absolute atomic E-state index is 13.1. The van der Waals surface area contributed by atoms with Crippen LogP contribution in [-0.4, -0.2) is 44.3 Å². The second-order valence-corrected chi connectivity index (χ2v) is 10.7. The maximum Gasteiger partial charge on any atom is 0.347 e. The first-order valence-corrected chi connectivity index (χ1v) is 13.4. The molecule has 1 N–H and O–H groups in total. The van der Waals surface area contributed by atoms with Gasteiger partial charge in [0.2, 0.25) is 5.60 Å². The van der Waals surface area contributed by atoms with E-state index in [9.17, 15) is 18.3 Å². The topological polar surface area (TPSA) is 93.1 Å². The summed E-state index contributed by atoms with van der Waals surface area (Å²) in [7, 11) is -3.89. The number of ether oxygens (including phenoxy) is 1. The summed E-state index contributed by atoms with van der Waals surface area (Å²) in [5, 5.41) is 16.3. The van der Waals surface area contributed by atoms with E-state index < -0.39 is 21.7 Å². The third kappa shape index (κ3) is 5.39. The Labute approximate surface area is 203 Å². The van der Waals surface area contributed by atoms with Gasteiger partial charge in [-0.3, -0.25) is 0 Å². The molecule has 1 atom stereocenters. The van der Waals surface area contributed by atoms with Crippen molar-refractivity contribution >= 4 is 27.4 Å². The minimum atomic E-state index is -3.89. The molecule has 4 rings (SSSR count). The van der Waals surface area contributed by atoms with Crippen molar-refractivity contribution < 1.29 is 27.3 Å². The van der Waals surface area contributed by atoms with Crippen LogP contribution in [0.1, 0.15) is 29.5 Å². The number of benzene rings is 2. The first-order valence-electron chi connectivity index (χ1n) is 11.0. The predicted molar refractivity (Wildman–Crippen MR) is 128 cm³/mol. The van der Waals surface area contributed by atoms with Crippen LogP contribution in [0, 0.1) is 12.8 Å². The number of aliphatic hydroxyl groups is 1. The molecule has 1 aromatic heterocycles. The molecule has 2 heterocycles. The molecule has 3 aromatic rings. The molecule has 1 saturated heterocycles. The number of rotatable bonds is 8. The fraction of sp³-hybridized carbons (Fsp3) is 0.320. The Hall–Kier alpha value is -2.56. The molecule has 2 aromatic carbocycles. The Kier molecular flexibility index (Phi) is 7.49. The van der Waals surface area contributed by atoms with Crippen LogP contribution < -0.4 is 0 Å². The summed E-state index contributed by atoms with van der Waals surface area (Å²) in [6.45, 7) is 2.80. The molecular formula is C25H27NO6S2. The summed E-state index contributed by atoms with van der Waals surface area (Å²) >= 11 is 1.39. The van der Waals surface area contributed by atoms with Crippen LogP contribution in [0.3, 0.4) is 0 Å². The summed E-state index contributed by atoms with van der Waals surface area (Å²) in [6.07, 6.45) is 1.19. The summed E-state index contributed by atoms with van der Waals surface area (Å²) < 4.78 is 35.9. The van der Waals surface area contributed by atoms with Crippen LogP contribution in [0.5, 0.6) is 0 Å². The van der Waals surface area contributed by atoms with Gasteiger partial charge < -0.3 is 9.84 Å². The Balaban J connectivity index is 1.33. The highest BCUT2D eigenvalue weighted by Gasteiger charge is 2.42. The van der Waals surface area contributed by atoms with Crippen LogP contribution in [0.2, 0.25) is 0 Å². The number of hydrogen-bond donors (Lipinski definition) is 1. The van der Waals surface area contributed by atoms with Crippen molar-refractivity contribution in [2.45, 2.75) is 30.3 Å². The smallest absolute Gasteiger partial charge is 0.347 e. The van der Waals surface area contributed by atoms with E-state index in [2.05, 4.69) is 0 Å². The van der Waals surface area contributed by atoms with Gasteiger partial charge in [-0.25, -0.2) is 4.79 Å². The number of esters is 1. The maximum atomic E-state index is 13.1. The van der Waals surface area contributed by atoms with E-state index in [1.54, 1.807) is 53.2 Å². The van der Waals surface area contributed by atoms with Gasteiger partial charge in [0.05, 0.1) is 11.5 Å². The van der Waals surface area contributed by atoms with Crippen LogP contribution in [0.15, 0.2) is 76.3 Å². The molecule has 34 heavy (non-hydrogen) atoms. The van der Waals surface area contributed by atoms with E-state index in [1.165, 1.54) is 28.5 Å². The van der Waals surface area contributed by atoms with Crippen molar-refractivity contribution in [1.29, 1.82) is 0 Å². The van der Waals surface area contributed by atoms with Gasteiger partial charge in [0.15, 0.2) is 0 Å². The number of hydrogen-bond acceptors (Lipinski definition) is 8. The Morgan fingerprint density at radius 3 is 2.35 bits per heavy atom. The second kappa shape index (κ2) is 10.4. The fourth-order valence-corrected chi connectivity index (χ4v) is 5.57. The van der Waals surface area contributed by atoms with Gasteiger partial charge in [0, 0.05) is 18.7 Å². The lowest BCUT2D eigenvalue weighted by Gasteiger charge is -2.31. The fourth-order valence-electron chi connectivity index (χ4n) is 3.89. The monoisotopic (exact) mass is 501 g/mol. The Morgan fingerprint density at radius 2 is 1.74 bits per heavy atom. The zero-order chi connectivity index (χ0) is 24.2. The van der Waals surface area contributed by atoms with Crippen molar-refractivity contribution in [3.05, 3.63) is 88.1 Å². The number of carbonyl (C=O) groups excluding carboxylic acids is 1. The molecule has 0 spiro atoms. The molecule has 1 fully saturated rings. The van der Waals surface area contributed by atoms with Crippen LogP contribution >= 0.6 is 11.3 Å². The number of piperidine rings is 1. The lowest BCUT2D eigenvalue weighted by Crippen LogP contribution is -2.40. The Morgan fingerprint density at radius 1 is 1.06 bits per heavy atom.